The van der Waals surface area contributed by atoms with E-state index in [1.165, 1.54) is 69.5 Å². The Bertz CT molecular complexity index is 1000. The van der Waals surface area contributed by atoms with Crippen LogP contribution in [0.4, 0.5) is 0 Å². The number of carbonyl (C=O) groups excluding carboxylic acids is 1. The lowest BCUT2D eigenvalue weighted by molar-refractivity contribution is 0.0494. The van der Waals surface area contributed by atoms with E-state index in [2.05, 4.69) is 53.2 Å². The van der Waals surface area contributed by atoms with Crippen LogP contribution in [0.15, 0.2) is 29.5 Å². The summed E-state index contributed by atoms with van der Waals surface area (Å²) in [5.74, 6) is 0.110. The highest BCUT2D eigenvalue weighted by Crippen LogP contribution is 2.28. The molecule has 0 spiro atoms. The summed E-state index contributed by atoms with van der Waals surface area (Å²) in [7, 11) is 1.81. The lowest BCUT2D eigenvalue weighted by Crippen LogP contribution is -2.10. The number of ether oxygens (including phenoxy) is 2. The van der Waals surface area contributed by atoms with Crippen LogP contribution in [0, 0.1) is 0 Å². The van der Waals surface area contributed by atoms with Crippen LogP contribution in [0.25, 0.3) is 11.0 Å². The number of hydrogen-bond donors (Lipinski definition) is 0. The standard InChI is InChI=1S/C30H48N4O3S/c1-5-7-9-10-11-12-13-14-15-16-17-18-19-20-21-22-24-36-28-26-25(33-34(28)3)27(32-30(31-26)38-4)29(35)37-23-8-6-2/h11-12,14-15H,5-10,13,16-24H2,1-4H3/b12-11-,15-14-. The van der Waals surface area contributed by atoms with Crippen LogP contribution >= 0.6 is 11.8 Å². The smallest absolute Gasteiger partial charge is 0.359 e. The predicted octanol–water partition coefficient (Wildman–Crippen LogP) is 8.23. The van der Waals surface area contributed by atoms with Gasteiger partial charge in [-0.25, -0.2) is 19.4 Å². The Kier molecular flexibility index (Phi) is 16.5. The van der Waals surface area contributed by atoms with Crippen LogP contribution in [0.2, 0.25) is 0 Å². The van der Waals surface area contributed by atoms with Gasteiger partial charge in [0.25, 0.3) is 0 Å². The maximum absolute atomic E-state index is 12.6. The number of allylic oxidation sites excluding steroid dienone is 4. The van der Waals surface area contributed by atoms with Gasteiger partial charge in [-0.3, -0.25) is 0 Å². The molecule has 0 aromatic carbocycles. The summed E-state index contributed by atoms with van der Waals surface area (Å²) in [6.45, 7) is 5.27. The number of esters is 1. The summed E-state index contributed by atoms with van der Waals surface area (Å²) < 4.78 is 13.1. The van der Waals surface area contributed by atoms with E-state index < -0.39 is 5.97 Å². The lowest BCUT2D eigenvalue weighted by atomic mass is 10.1. The Balaban J connectivity index is 1.68. The van der Waals surface area contributed by atoms with Gasteiger partial charge in [0, 0.05) is 7.05 Å². The Hall–Kier alpha value is -2.35. The highest BCUT2D eigenvalue weighted by atomic mass is 32.2. The van der Waals surface area contributed by atoms with E-state index in [0.717, 1.165) is 32.1 Å². The number of thioether (sulfide) groups is 1. The van der Waals surface area contributed by atoms with E-state index in [0.29, 0.717) is 35.3 Å². The third kappa shape index (κ3) is 11.6. The molecule has 0 aliphatic heterocycles. The van der Waals surface area contributed by atoms with Crippen molar-refractivity contribution < 1.29 is 14.3 Å². The van der Waals surface area contributed by atoms with Gasteiger partial charge in [0.1, 0.15) is 5.52 Å². The Morgan fingerprint density at radius 3 is 2.16 bits per heavy atom. The van der Waals surface area contributed by atoms with E-state index in [4.69, 9.17) is 9.47 Å². The van der Waals surface area contributed by atoms with Crippen molar-refractivity contribution in [1.82, 2.24) is 19.7 Å². The van der Waals surface area contributed by atoms with E-state index in [9.17, 15) is 4.79 Å². The lowest BCUT2D eigenvalue weighted by Gasteiger charge is -2.07. The van der Waals surface area contributed by atoms with Crippen molar-refractivity contribution in [2.75, 3.05) is 19.5 Å². The highest BCUT2D eigenvalue weighted by Gasteiger charge is 2.23. The molecule has 0 aliphatic rings. The Morgan fingerprint density at radius 2 is 1.47 bits per heavy atom. The maximum Gasteiger partial charge on any atom is 0.359 e. The fraction of sp³-hybridized carbons (Fsp3) is 0.667. The summed E-state index contributed by atoms with van der Waals surface area (Å²) in [5, 5.41) is 4.99. The monoisotopic (exact) mass is 544 g/mol. The second kappa shape index (κ2) is 19.7. The van der Waals surface area contributed by atoms with Gasteiger partial charge in [-0.2, -0.15) is 5.10 Å². The summed E-state index contributed by atoms with van der Waals surface area (Å²) in [6, 6.07) is 0. The minimum Gasteiger partial charge on any atom is -0.476 e. The van der Waals surface area contributed by atoms with Crippen LogP contribution in [0.3, 0.4) is 0 Å². The van der Waals surface area contributed by atoms with Crippen molar-refractivity contribution in [3.05, 3.63) is 30.0 Å². The number of aryl methyl sites for hydroxylation is 1. The minimum atomic E-state index is -0.462. The first kappa shape index (κ1) is 31.9. The van der Waals surface area contributed by atoms with Crippen LogP contribution in [-0.4, -0.2) is 45.2 Å². The van der Waals surface area contributed by atoms with Gasteiger partial charge >= 0.3 is 5.97 Å². The van der Waals surface area contributed by atoms with Crippen LogP contribution < -0.4 is 4.74 Å². The van der Waals surface area contributed by atoms with Crippen molar-refractivity contribution in [1.29, 1.82) is 0 Å². The first-order valence-electron chi connectivity index (χ1n) is 14.5. The quantitative estimate of drug-likeness (QED) is 0.0515. The van der Waals surface area contributed by atoms with Crippen LogP contribution in [-0.2, 0) is 11.8 Å². The van der Waals surface area contributed by atoms with Crippen molar-refractivity contribution in [2.24, 2.45) is 7.05 Å². The molecule has 0 aliphatic carbocycles. The SMILES string of the molecule is CCCCC/C=C\C/C=C\CCCCCCCCOc1c2nc(SC)nc(C(=O)OCCCC)c2nn1C. The number of hydrogen-bond acceptors (Lipinski definition) is 7. The summed E-state index contributed by atoms with van der Waals surface area (Å²) >= 11 is 1.38. The average Bonchev–Trinajstić information content (AvgIpc) is 3.24. The zero-order valence-electron chi connectivity index (χ0n) is 24.0. The molecule has 0 saturated heterocycles. The van der Waals surface area contributed by atoms with Gasteiger partial charge in [-0.05, 0) is 51.2 Å². The van der Waals surface area contributed by atoms with Gasteiger partial charge in [-0.15, -0.1) is 0 Å². The number of nitrogens with zero attached hydrogens (tertiary/aromatic N) is 4. The van der Waals surface area contributed by atoms with Gasteiger partial charge in [-0.1, -0.05) is 94.9 Å². The first-order valence-corrected chi connectivity index (χ1v) is 15.7. The van der Waals surface area contributed by atoms with Crippen molar-refractivity contribution in [3.63, 3.8) is 0 Å². The largest absolute Gasteiger partial charge is 0.476 e. The van der Waals surface area contributed by atoms with Gasteiger partial charge in [0.05, 0.1) is 13.2 Å². The van der Waals surface area contributed by atoms with Gasteiger partial charge < -0.3 is 9.47 Å². The third-order valence-corrected chi connectivity index (χ3v) is 6.85. The molecule has 212 valence electrons. The summed E-state index contributed by atoms with van der Waals surface area (Å²) in [5.41, 5.74) is 1.20. The molecular formula is C30H48N4O3S. The molecule has 0 bridgehead atoms. The number of aromatic nitrogens is 4. The first-order chi connectivity index (χ1) is 18.6. The Labute approximate surface area is 233 Å². The molecule has 0 fully saturated rings. The molecule has 0 saturated carbocycles. The molecule has 0 unspecified atom stereocenters. The normalized spacial score (nSPS) is 11.8. The topological polar surface area (TPSA) is 79.1 Å². The van der Waals surface area contributed by atoms with Gasteiger partial charge in [0.2, 0.25) is 5.88 Å². The highest BCUT2D eigenvalue weighted by molar-refractivity contribution is 7.98. The zero-order chi connectivity index (χ0) is 27.4. The van der Waals surface area contributed by atoms with E-state index in [1.54, 1.807) is 11.7 Å². The van der Waals surface area contributed by atoms with Crippen molar-refractivity contribution >= 4 is 28.8 Å². The van der Waals surface area contributed by atoms with Gasteiger partial charge in [0.15, 0.2) is 16.4 Å². The summed E-state index contributed by atoms with van der Waals surface area (Å²) in [6.07, 6.45) is 27.4. The molecule has 2 aromatic heterocycles. The molecule has 2 rings (SSSR count). The molecule has 38 heavy (non-hydrogen) atoms. The molecule has 7 nitrogen and oxygen atoms in total. The molecule has 0 N–H and O–H groups in total. The van der Waals surface area contributed by atoms with Crippen molar-refractivity contribution in [2.45, 2.75) is 109 Å². The number of unbranched alkanes of at least 4 members (excludes halogenated alkanes) is 10. The number of fused-ring (bicyclic) bond motifs is 1. The fourth-order valence-corrected chi connectivity index (χ4v) is 4.42. The predicted molar refractivity (Wildman–Crippen MR) is 158 cm³/mol. The van der Waals surface area contributed by atoms with Crippen LogP contribution in [0.1, 0.15) is 114 Å². The minimum absolute atomic E-state index is 0.203. The Morgan fingerprint density at radius 1 is 0.816 bits per heavy atom. The summed E-state index contributed by atoms with van der Waals surface area (Å²) in [4.78, 5) is 21.6. The number of rotatable bonds is 21. The van der Waals surface area contributed by atoms with E-state index in [1.807, 2.05) is 6.26 Å². The molecule has 0 atom stereocenters. The zero-order valence-corrected chi connectivity index (χ0v) is 24.9. The van der Waals surface area contributed by atoms with Crippen LogP contribution in [0.5, 0.6) is 5.88 Å². The average molecular weight is 545 g/mol. The number of carbonyl (C=O) groups is 1. The van der Waals surface area contributed by atoms with Crippen molar-refractivity contribution in [3.8, 4) is 5.88 Å². The third-order valence-electron chi connectivity index (χ3n) is 6.30. The molecule has 2 heterocycles. The fourth-order valence-electron chi connectivity index (χ4n) is 4.06. The van der Waals surface area contributed by atoms with E-state index >= 15 is 0 Å². The molecule has 8 heteroatoms. The second-order valence-electron chi connectivity index (χ2n) is 9.61. The van der Waals surface area contributed by atoms with E-state index in [-0.39, 0.29) is 5.69 Å². The molecule has 0 radical (unpaired) electrons. The maximum atomic E-state index is 12.6. The molecule has 2 aromatic rings. The molecular weight excluding hydrogens is 496 g/mol. The second-order valence-corrected chi connectivity index (χ2v) is 10.4. The molecule has 0 amide bonds.